The maximum Gasteiger partial charge on any atom is 0.253 e. The molecule has 1 aromatic heterocycles. The smallest absolute Gasteiger partial charge is 0.253 e. The van der Waals surface area contributed by atoms with Gasteiger partial charge in [-0.2, -0.15) is 0 Å². The number of benzene rings is 1. The van der Waals surface area contributed by atoms with Gasteiger partial charge in [0.05, 0.1) is 5.92 Å². The molecule has 7 heteroatoms. The summed E-state index contributed by atoms with van der Waals surface area (Å²) in [4.78, 5) is 18.0. The molecule has 0 bridgehead atoms. The summed E-state index contributed by atoms with van der Waals surface area (Å²) in [7, 11) is 1.63. The van der Waals surface area contributed by atoms with Crippen LogP contribution in [-0.4, -0.2) is 47.5 Å². The SMILES string of the molecule is CN(Cc1cccnc1)C(=O)c1ccc(C2[C@@H](F)[C@@H](F)C[C@@H](F)[C@H]2F)cc1. The van der Waals surface area contributed by atoms with Gasteiger partial charge in [-0.25, -0.2) is 17.6 Å². The van der Waals surface area contributed by atoms with Gasteiger partial charge in [0.25, 0.3) is 5.91 Å². The van der Waals surface area contributed by atoms with Gasteiger partial charge in [-0.1, -0.05) is 18.2 Å². The first kappa shape index (κ1) is 19.3. The van der Waals surface area contributed by atoms with Crippen LogP contribution in [0.15, 0.2) is 48.8 Å². The van der Waals surface area contributed by atoms with Gasteiger partial charge in [0.2, 0.25) is 0 Å². The molecular weight excluding hydrogens is 360 g/mol. The van der Waals surface area contributed by atoms with Crippen molar-refractivity contribution in [3.8, 4) is 0 Å². The van der Waals surface area contributed by atoms with E-state index in [1.54, 1.807) is 25.5 Å². The molecule has 144 valence electrons. The van der Waals surface area contributed by atoms with Gasteiger partial charge in [0.1, 0.15) is 24.7 Å². The second-order valence-corrected chi connectivity index (χ2v) is 6.83. The minimum atomic E-state index is -2.11. The van der Waals surface area contributed by atoms with Crippen molar-refractivity contribution in [2.75, 3.05) is 7.05 Å². The van der Waals surface area contributed by atoms with Crippen LogP contribution in [0.25, 0.3) is 0 Å². The quantitative estimate of drug-likeness (QED) is 0.745. The standard InChI is InChI=1S/C20H20F4N2O/c1-26(11-12-3-2-8-25-10-12)20(27)14-6-4-13(5-7-14)17-18(23)15(21)9-16(22)19(17)24/h2-8,10,15-19H,9,11H2,1H3/t15-,16+,17?,18-,19+. The predicted octanol–water partition coefficient (Wildman–Crippen LogP) is 4.19. The van der Waals surface area contributed by atoms with Crippen molar-refractivity contribution in [3.63, 3.8) is 0 Å². The van der Waals surface area contributed by atoms with E-state index in [1.165, 1.54) is 29.2 Å². The highest BCUT2D eigenvalue weighted by atomic mass is 19.2. The van der Waals surface area contributed by atoms with E-state index < -0.39 is 37.0 Å². The largest absolute Gasteiger partial charge is 0.337 e. The van der Waals surface area contributed by atoms with Gasteiger partial charge >= 0.3 is 0 Å². The highest BCUT2D eigenvalue weighted by molar-refractivity contribution is 5.94. The molecule has 1 aromatic carbocycles. The van der Waals surface area contributed by atoms with E-state index in [0.717, 1.165) is 5.56 Å². The molecule has 3 nitrogen and oxygen atoms in total. The highest BCUT2D eigenvalue weighted by Gasteiger charge is 2.47. The molecule has 0 spiro atoms. The number of alkyl halides is 4. The van der Waals surface area contributed by atoms with E-state index >= 15 is 0 Å². The Labute approximate surface area is 155 Å². The predicted molar refractivity (Wildman–Crippen MR) is 93.4 cm³/mol. The molecule has 0 N–H and O–H groups in total. The van der Waals surface area contributed by atoms with Gasteiger partial charge in [-0.3, -0.25) is 9.78 Å². The molecule has 1 amide bonds. The molecule has 1 heterocycles. The fourth-order valence-electron chi connectivity index (χ4n) is 3.37. The number of halogens is 4. The summed E-state index contributed by atoms with van der Waals surface area (Å²) in [6.07, 6.45) is -5.78. The third-order valence-electron chi connectivity index (χ3n) is 4.86. The Morgan fingerprint density at radius 3 is 2.26 bits per heavy atom. The lowest BCUT2D eigenvalue weighted by atomic mass is 9.79. The van der Waals surface area contributed by atoms with Crippen molar-refractivity contribution in [2.24, 2.45) is 0 Å². The summed E-state index contributed by atoms with van der Waals surface area (Å²) < 4.78 is 55.5. The fourth-order valence-corrected chi connectivity index (χ4v) is 3.37. The van der Waals surface area contributed by atoms with Crippen LogP contribution in [0.4, 0.5) is 17.6 Å². The maximum absolute atomic E-state index is 14.1. The van der Waals surface area contributed by atoms with Crippen LogP contribution in [0.3, 0.4) is 0 Å². The molecule has 0 aliphatic heterocycles. The van der Waals surface area contributed by atoms with Crippen LogP contribution in [0.5, 0.6) is 0 Å². The van der Waals surface area contributed by atoms with Crippen molar-refractivity contribution >= 4 is 5.91 Å². The van der Waals surface area contributed by atoms with Gasteiger partial charge in [0, 0.05) is 38.0 Å². The number of hydrogen-bond acceptors (Lipinski definition) is 2. The molecule has 1 aliphatic rings. The van der Waals surface area contributed by atoms with Crippen molar-refractivity contribution in [2.45, 2.75) is 43.6 Å². The number of nitrogens with zero attached hydrogens (tertiary/aromatic N) is 2. The topological polar surface area (TPSA) is 33.2 Å². The van der Waals surface area contributed by atoms with Crippen LogP contribution in [-0.2, 0) is 6.54 Å². The summed E-state index contributed by atoms with van der Waals surface area (Å²) in [5, 5.41) is 0. The maximum atomic E-state index is 14.1. The van der Waals surface area contributed by atoms with Crippen molar-refractivity contribution < 1.29 is 22.4 Å². The Kier molecular flexibility index (Phi) is 5.77. The van der Waals surface area contributed by atoms with Crippen molar-refractivity contribution in [1.29, 1.82) is 0 Å². The third-order valence-corrected chi connectivity index (χ3v) is 4.86. The molecule has 1 aliphatic carbocycles. The van der Waals surface area contributed by atoms with E-state index in [4.69, 9.17) is 0 Å². The zero-order valence-electron chi connectivity index (χ0n) is 14.7. The lowest BCUT2D eigenvalue weighted by molar-refractivity contribution is -0.00571. The van der Waals surface area contributed by atoms with E-state index in [9.17, 15) is 22.4 Å². The Bertz CT molecular complexity index is 757. The molecule has 0 radical (unpaired) electrons. The molecule has 27 heavy (non-hydrogen) atoms. The van der Waals surface area contributed by atoms with Gasteiger partial charge in [0.15, 0.2) is 0 Å². The van der Waals surface area contributed by atoms with Crippen molar-refractivity contribution in [3.05, 3.63) is 65.5 Å². The van der Waals surface area contributed by atoms with Crippen LogP contribution in [0.1, 0.15) is 33.8 Å². The lowest BCUT2D eigenvalue weighted by Gasteiger charge is -2.34. The third kappa shape index (κ3) is 4.12. The summed E-state index contributed by atoms with van der Waals surface area (Å²) in [6, 6.07) is 9.17. The first-order chi connectivity index (χ1) is 12.9. The zero-order valence-corrected chi connectivity index (χ0v) is 14.7. The van der Waals surface area contributed by atoms with Gasteiger partial charge in [-0.05, 0) is 29.3 Å². The Balaban J connectivity index is 1.73. The van der Waals surface area contributed by atoms with E-state index in [-0.39, 0.29) is 11.5 Å². The summed E-state index contributed by atoms with van der Waals surface area (Å²) in [6.45, 7) is 0.350. The summed E-state index contributed by atoms with van der Waals surface area (Å²) in [5.41, 5.74) is 1.32. The summed E-state index contributed by atoms with van der Waals surface area (Å²) >= 11 is 0. The molecule has 0 saturated heterocycles. The fraction of sp³-hybridized carbons (Fsp3) is 0.400. The molecule has 5 atom stereocenters. The number of pyridine rings is 1. The molecule has 1 saturated carbocycles. The van der Waals surface area contributed by atoms with Crippen LogP contribution in [0, 0.1) is 0 Å². The Morgan fingerprint density at radius 1 is 1.07 bits per heavy atom. The second-order valence-electron chi connectivity index (χ2n) is 6.83. The molecular formula is C20H20F4N2O. The average molecular weight is 380 g/mol. The number of rotatable bonds is 4. The van der Waals surface area contributed by atoms with E-state index in [0.29, 0.717) is 12.1 Å². The number of aromatic nitrogens is 1. The number of hydrogen-bond donors (Lipinski definition) is 0. The van der Waals surface area contributed by atoms with E-state index in [1.807, 2.05) is 6.07 Å². The first-order valence-corrected chi connectivity index (χ1v) is 8.69. The Hall–Kier alpha value is -2.44. The average Bonchev–Trinajstić information content (AvgIpc) is 2.67. The minimum Gasteiger partial charge on any atom is -0.337 e. The highest BCUT2D eigenvalue weighted by Crippen LogP contribution is 2.40. The number of carbonyl (C=O) groups is 1. The van der Waals surface area contributed by atoms with Gasteiger partial charge < -0.3 is 4.90 Å². The Morgan fingerprint density at radius 2 is 1.70 bits per heavy atom. The minimum absolute atomic E-state index is 0.145. The molecule has 2 aromatic rings. The molecule has 1 fully saturated rings. The zero-order chi connectivity index (χ0) is 19.6. The second kappa shape index (κ2) is 8.06. The number of carbonyl (C=O) groups excluding carboxylic acids is 1. The summed E-state index contributed by atoms with van der Waals surface area (Å²) in [5.74, 6) is -1.80. The van der Waals surface area contributed by atoms with Gasteiger partial charge in [-0.15, -0.1) is 0 Å². The van der Waals surface area contributed by atoms with E-state index in [2.05, 4.69) is 4.98 Å². The van der Waals surface area contributed by atoms with Crippen LogP contribution in [0.2, 0.25) is 0 Å². The molecule has 1 unspecified atom stereocenters. The van der Waals surface area contributed by atoms with Crippen molar-refractivity contribution in [1.82, 2.24) is 9.88 Å². The van der Waals surface area contributed by atoms with Crippen LogP contribution < -0.4 is 0 Å². The lowest BCUT2D eigenvalue weighted by Crippen LogP contribution is -2.43. The normalized spacial score (nSPS) is 28.0. The first-order valence-electron chi connectivity index (χ1n) is 8.69. The number of amides is 1. The molecule has 3 rings (SSSR count). The monoisotopic (exact) mass is 380 g/mol. The van der Waals surface area contributed by atoms with Crippen LogP contribution >= 0.6 is 0 Å².